The molecule has 1 heterocycles. The number of aliphatic hydroxyl groups excluding tert-OH is 1. The molecule has 0 spiro atoms. The molecule has 0 saturated heterocycles. The fourth-order valence-electron chi connectivity index (χ4n) is 1.62. The summed E-state index contributed by atoms with van der Waals surface area (Å²) < 4.78 is 10.8. The second-order valence-electron chi connectivity index (χ2n) is 4.54. The number of benzene rings is 1. The lowest BCUT2D eigenvalue weighted by molar-refractivity contribution is -0.0867. The SMILES string of the molecule is COC(C)(C)C(O)c1cc2cc(Cl)ccc2o1. The van der Waals surface area contributed by atoms with Gasteiger partial charge in [0.15, 0.2) is 0 Å². The van der Waals surface area contributed by atoms with E-state index in [1.54, 1.807) is 45.2 Å². The predicted octanol–water partition coefficient (Wildman–Crippen LogP) is 3.54. The average molecular weight is 255 g/mol. The van der Waals surface area contributed by atoms with Crippen LogP contribution in [0.3, 0.4) is 0 Å². The largest absolute Gasteiger partial charge is 0.458 e. The van der Waals surface area contributed by atoms with E-state index in [0.29, 0.717) is 16.4 Å². The maximum atomic E-state index is 10.2. The summed E-state index contributed by atoms with van der Waals surface area (Å²) in [6.07, 6.45) is -0.821. The summed E-state index contributed by atoms with van der Waals surface area (Å²) in [6.45, 7) is 3.61. The van der Waals surface area contributed by atoms with Crippen LogP contribution in [0.5, 0.6) is 0 Å². The molecule has 0 saturated carbocycles. The molecular weight excluding hydrogens is 240 g/mol. The molecule has 0 radical (unpaired) electrons. The number of halogens is 1. The highest BCUT2D eigenvalue weighted by molar-refractivity contribution is 6.31. The van der Waals surface area contributed by atoms with Crippen LogP contribution in [0.2, 0.25) is 5.02 Å². The van der Waals surface area contributed by atoms with E-state index in [9.17, 15) is 5.11 Å². The Bertz CT molecular complexity index is 530. The van der Waals surface area contributed by atoms with Crippen LogP contribution in [0.15, 0.2) is 28.7 Å². The number of aliphatic hydroxyl groups is 1. The molecule has 0 bridgehead atoms. The highest BCUT2D eigenvalue weighted by Gasteiger charge is 2.31. The first-order chi connectivity index (χ1) is 7.94. The molecule has 0 aliphatic heterocycles. The van der Waals surface area contributed by atoms with Crippen molar-refractivity contribution in [1.82, 2.24) is 0 Å². The summed E-state index contributed by atoms with van der Waals surface area (Å²) in [5.41, 5.74) is 0.00728. The highest BCUT2D eigenvalue weighted by Crippen LogP contribution is 2.32. The van der Waals surface area contributed by atoms with E-state index in [-0.39, 0.29) is 0 Å². The maximum absolute atomic E-state index is 10.2. The number of fused-ring (bicyclic) bond motifs is 1. The molecule has 0 aliphatic carbocycles. The first-order valence-electron chi connectivity index (χ1n) is 5.36. The topological polar surface area (TPSA) is 42.6 Å². The maximum Gasteiger partial charge on any atom is 0.140 e. The van der Waals surface area contributed by atoms with Crippen LogP contribution in [-0.4, -0.2) is 17.8 Å². The zero-order chi connectivity index (χ0) is 12.6. The highest BCUT2D eigenvalue weighted by atomic mass is 35.5. The molecule has 0 aliphatic rings. The summed E-state index contributed by atoms with van der Waals surface area (Å²) in [7, 11) is 1.56. The molecule has 0 fully saturated rings. The van der Waals surface area contributed by atoms with Gasteiger partial charge < -0.3 is 14.3 Å². The smallest absolute Gasteiger partial charge is 0.140 e. The van der Waals surface area contributed by atoms with E-state index in [0.717, 1.165) is 5.39 Å². The minimum Gasteiger partial charge on any atom is -0.458 e. The van der Waals surface area contributed by atoms with Crippen LogP contribution >= 0.6 is 11.6 Å². The van der Waals surface area contributed by atoms with Gasteiger partial charge in [0.2, 0.25) is 0 Å². The van der Waals surface area contributed by atoms with Crippen molar-refractivity contribution in [3.8, 4) is 0 Å². The minimum atomic E-state index is -0.821. The van der Waals surface area contributed by atoms with Crippen LogP contribution in [0.4, 0.5) is 0 Å². The van der Waals surface area contributed by atoms with Crippen molar-refractivity contribution < 1.29 is 14.3 Å². The van der Waals surface area contributed by atoms with E-state index in [2.05, 4.69) is 0 Å². The van der Waals surface area contributed by atoms with Gasteiger partial charge in [-0.3, -0.25) is 0 Å². The Morgan fingerprint density at radius 1 is 1.35 bits per heavy atom. The zero-order valence-corrected chi connectivity index (χ0v) is 10.8. The lowest BCUT2D eigenvalue weighted by Gasteiger charge is -2.27. The van der Waals surface area contributed by atoms with E-state index in [1.165, 1.54) is 0 Å². The standard InChI is InChI=1S/C13H15ClO3/c1-13(2,16-3)12(15)11-7-8-6-9(14)4-5-10(8)17-11/h4-7,12,15H,1-3H3. The van der Waals surface area contributed by atoms with Gasteiger partial charge in [-0.25, -0.2) is 0 Å². The molecule has 0 amide bonds. The number of furan rings is 1. The average Bonchev–Trinajstić information content (AvgIpc) is 2.70. The third-order valence-corrected chi connectivity index (χ3v) is 3.19. The Kier molecular flexibility index (Phi) is 3.17. The van der Waals surface area contributed by atoms with Crippen molar-refractivity contribution >= 4 is 22.6 Å². The minimum absolute atomic E-state index is 0.481. The van der Waals surface area contributed by atoms with Crippen LogP contribution in [0.25, 0.3) is 11.0 Å². The third kappa shape index (κ3) is 2.32. The van der Waals surface area contributed by atoms with E-state index in [4.69, 9.17) is 20.8 Å². The lowest BCUT2D eigenvalue weighted by Crippen LogP contribution is -2.31. The number of ether oxygens (including phenoxy) is 1. The Hall–Kier alpha value is -1.03. The van der Waals surface area contributed by atoms with Crippen molar-refractivity contribution in [2.45, 2.75) is 25.6 Å². The summed E-state index contributed by atoms with van der Waals surface area (Å²) in [5, 5.41) is 11.7. The molecule has 1 atom stereocenters. The second-order valence-corrected chi connectivity index (χ2v) is 4.98. The van der Waals surface area contributed by atoms with Gasteiger partial charge in [0.25, 0.3) is 0 Å². The molecule has 1 N–H and O–H groups in total. The molecular formula is C13H15ClO3. The number of hydrogen-bond donors (Lipinski definition) is 1. The fraction of sp³-hybridized carbons (Fsp3) is 0.385. The van der Waals surface area contributed by atoms with Crippen LogP contribution < -0.4 is 0 Å². The second kappa shape index (κ2) is 4.33. The van der Waals surface area contributed by atoms with Gasteiger partial charge in [0, 0.05) is 17.5 Å². The molecule has 3 nitrogen and oxygen atoms in total. The number of methoxy groups -OCH3 is 1. The Morgan fingerprint density at radius 2 is 2.06 bits per heavy atom. The lowest BCUT2D eigenvalue weighted by atomic mass is 9.99. The molecule has 1 aromatic heterocycles. The first kappa shape index (κ1) is 12.4. The Labute approximate surface area is 105 Å². The van der Waals surface area contributed by atoms with Gasteiger partial charge >= 0.3 is 0 Å². The normalized spacial score (nSPS) is 14.2. The summed E-state index contributed by atoms with van der Waals surface area (Å²) >= 11 is 5.90. The number of hydrogen-bond acceptors (Lipinski definition) is 3. The molecule has 17 heavy (non-hydrogen) atoms. The molecule has 92 valence electrons. The molecule has 2 aromatic rings. The molecule has 4 heteroatoms. The number of rotatable bonds is 3. The summed E-state index contributed by atoms with van der Waals surface area (Å²) in [4.78, 5) is 0. The van der Waals surface area contributed by atoms with Gasteiger partial charge in [-0.15, -0.1) is 0 Å². The van der Waals surface area contributed by atoms with Gasteiger partial charge in [-0.05, 0) is 38.1 Å². The quantitative estimate of drug-likeness (QED) is 0.911. The Balaban J connectivity index is 2.43. The predicted molar refractivity (Wildman–Crippen MR) is 67.3 cm³/mol. The van der Waals surface area contributed by atoms with Gasteiger partial charge in [-0.1, -0.05) is 11.6 Å². The van der Waals surface area contributed by atoms with Crippen molar-refractivity contribution in [3.05, 3.63) is 35.0 Å². The van der Waals surface area contributed by atoms with Crippen LogP contribution in [-0.2, 0) is 4.74 Å². The third-order valence-electron chi connectivity index (χ3n) is 2.95. The van der Waals surface area contributed by atoms with Crippen molar-refractivity contribution in [2.24, 2.45) is 0 Å². The first-order valence-corrected chi connectivity index (χ1v) is 5.74. The molecule has 1 aromatic carbocycles. The zero-order valence-electron chi connectivity index (χ0n) is 10.0. The molecule has 1 unspecified atom stereocenters. The van der Waals surface area contributed by atoms with Crippen molar-refractivity contribution in [3.63, 3.8) is 0 Å². The van der Waals surface area contributed by atoms with Gasteiger partial charge in [-0.2, -0.15) is 0 Å². The van der Waals surface area contributed by atoms with Crippen molar-refractivity contribution in [2.75, 3.05) is 7.11 Å². The van der Waals surface area contributed by atoms with Gasteiger partial charge in [0.1, 0.15) is 17.4 Å². The summed E-state index contributed by atoms with van der Waals surface area (Å²) in [5.74, 6) is 0.481. The van der Waals surface area contributed by atoms with Crippen LogP contribution in [0.1, 0.15) is 25.7 Å². The van der Waals surface area contributed by atoms with E-state index in [1.807, 2.05) is 0 Å². The van der Waals surface area contributed by atoms with Gasteiger partial charge in [0.05, 0.1) is 5.60 Å². The molecule has 2 rings (SSSR count). The van der Waals surface area contributed by atoms with E-state index < -0.39 is 11.7 Å². The van der Waals surface area contributed by atoms with E-state index >= 15 is 0 Å². The monoisotopic (exact) mass is 254 g/mol. The summed E-state index contributed by atoms with van der Waals surface area (Å²) in [6, 6.07) is 7.13. The Morgan fingerprint density at radius 3 is 2.71 bits per heavy atom. The fourth-order valence-corrected chi connectivity index (χ4v) is 1.80. The van der Waals surface area contributed by atoms with Crippen LogP contribution in [0, 0.1) is 0 Å². The van der Waals surface area contributed by atoms with Crippen molar-refractivity contribution in [1.29, 1.82) is 0 Å².